The molecule has 1 unspecified atom stereocenters. The van der Waals surface area contributed by atoms with Gasteiger partial charge in [-0.3, -0.25) is 4.79 Å². The molecular weight excluding hydrogens is 252 g/mol. The van der Waals surface area contributed by atoms with E-state index in [1.165, 1.54) is 6.42 Å². The van der Waals surface area contributed by atoms with Crippen LogP contribution in [-0.2, 0) is 19.7 Å². The number of ether oxygens (including phenoxy) is 2. The van der Waals surface area contributed by atoms with Crippen LogP contribution in [0.1, 0.15) is 44.1 Å². The van der Waals surface area contributed by atoms with Gasteiger partial charge in [0.05, 0.1) is 11.5 Å². The maximum absolute atomic E-state index is 12.5. The fourth-order valence-corrected chi connectivity index (χ4v) is 3.14. The molecule has 1 saturated heterocycles. The minimum atomic E-state index is -0.393. The molecule has 3 nitrogen and oxygen atoms in total. The van der Waals surface area contributed by atoms with Crippen LogP contribution in [0.4, 0.5) is 0 Å². The molecule has 0 bridgehead atoms. The van der Waals surface area contributed by atoms with E-state index in [2.05, 4.69) is 0 Å². The molecule has 0 amide bonds. The average Bonchev–Trinajstić information content (AvgIpc) is 2.46. The first kappa shape index (κ1) is 13.6. The second kappa shape index (κ2) is 5.96. The SMILES string of the molecule is O=C(OCC1CCCCO1)C1(c2ccccc2)CCC1. The standard InChI is InChI=1S/C17H22O3/c18-16(20-13-15-9-4-5-12-19-15)17(10-6-11-17)14-7-2-1-3-8-14/h1-3,7-8,15H,4-6,9-13H2. The lowest BCUT2D eigenvalue weighted by atomic mass is 9.64. The Morgan fingerprint density at radius 3 is 2.60 bits per heavy atom. The summed E-state index contributed by atoms with van der Waals surface area (Å²) in [7, 11) is 0. The van der Waals surface area contributed by atoms with E-state index in [0.717, 1.165) is 44.3 Å². The maximum Gasteiger partial charge on any atom is 0.316 e. The average molecular weight is 274 g/mol. The topological polar surface area (TPSA) is 35.5 Å². The van der Waals surface area contributed by atoms with Gasteiger partial charge in [0.25, 0.3) is 0 Å². The Hall–Kier alpha value is -1.35. The first-order valence-electron chi connectivity index (χ1n) is 7.66. The number of rotatable bonds is 4. The molecule has 1 atom stereocenters. The molecule has 3 rings (SSSR count). The summed E-state index contributed by atoms with van der Waals surface area (Å²) in [5, 5.41) is 0. The highest BCUT2D eigenvalue weighted by Gasteiger charge is 2.47. The zero-order valence-corrected chi connectivity index (χ0v) is 11.8. The summed E-state index contributed by atoms with van der Waals surface area (Å²) in [5.74, 6) is -0.0656. The van der Waals surface area contributed by atoms with Crippen molar-refractivity contribution in [1.82, 2.24) is 0 Å². The van der Waals surface area contributed by atoms with Crippen LogP contribution in [0.25, 0.3) is 0 Å². The smallest absolute Gasteiger partial charge is 0.316 e. The zero-order chi connectivity index (χ0) is 13.8. The van der Waals surface area contributed by atoms with Gasteiger partial charge in [-0.25, -0.2) is 0 Å². The van der Waals surface area contributed by atoms with Crippen molar-refractivity contribution < 1.29 is 14.3 Å². The molecule has 0 N–H and O–H groups in total. The van der Waals surface area contributed by atoms with Gasteiger partial charge in [0.2, 0.25) is 0 Å². The van der Waals surface area contributed by atoms with E-state index in [1.807, 2.05) is 30.3 Å². The highest BCUT2D eigenvalue weighted by molar-refractivity contribution is 5.84. The zero-order valence-electron chi connectivity index (χ0n) is 11.8. The molecule has 1 aliphatic carbocycles. The van der Waals surface area contributed by atoms with Crippen molar-refractivity contribution in [3.05, 3.63) is 35.9 Å². The van der Waals surface area contributed by atoms with E-state index in [-0.39, 0.29) is 12.1 Å². The number of hydrogen-bond acceptors (Lipinski definition) is 3. The molecule has 1 heterocycles. The van der Waals surface area contributed by atoms with E-state index in [4.69, 9.17) is 9.47 Å². The number of carbonyl (C=O) groups is 1. The summed E-state index contributed by atoms with van der Waals surface area (Å²) in [6.07, 6.45) is 6.31. The van der Waals surface area contributed by atoms with E-state index >= 15 is 0 Å². The van der Waals surface area contributed by atoms with Crippen LogP contribution in [0.5, 0.6) is 0 Å². The molecule has 0 radical (unpaired) electrons. The van der Waals surface area contributed by atoms with Crippen molar-refractivity contribution in [2.24, 2.45) is 0 Å². The molecule has 108 valence electrons. The Balaban J connectivity index is 1.62. The third kappa shape index (κ3) is 2.59. The largest absolute Gasteiger partial charge is 0.462 e. The predicted molar refractivity (Wildman–Crippen MR) is 76.5 cm³/mol. The number of carbonyl (C=O) groups excluding carboxylic acids is 1. The van der Waals surface area contributed by atoms with Crippen molar-refractivity contribution in [1.29, 1.82) is 0 Å². The third-order valence-corrected chi connectivity index (χ3v) is 4.60. The maximum atomic E-state index is 12.5. The van der Waals surface area contributed by atoms with Gasteiger partial charge in [-0.1, -0.05) is 36.8 Å². The third-order valence-electron chi connectivity index (χ3n) is 4.60. The summed E-state index contributed by atoms with van der Waals surface area (Å²) in [5.41, 5.74) is 0.705. The summed E-state index contributed by atoms with van der Waals surface area (Å²) in [4.78, 5) is 12.5. The second-order valence-electron chi connectivity index (χ2n) is 5.89. The molecule has 0 spiro atoms. The summed E-state index contributed by atoms with van der Waals surface area (Å²) >= 11 is 0. The second-order valence-corrected chi connectivity index (χ2v) is 5.89. The Labute approximate surface area is 120 Å². The van der Waals surface area contributed by atoms with Gasteiger partial charge in [0.1, 0.15) is 6.61 Å². The fourth-order valence-electron chi connectivity index (χ4n) is 3.14. The van der Waals surface area contributed by atoms with Crippen LogP contribution in [0, 0.1) is 0 Å². The predicted octanol–water partition coefficient (Wildman–Crippen LogP) is 3.22. The molecule has 1 aromatic rings. The molecular formula is C17H22O3. The van der Waals surface area contributed by atoms with Gasteiger partial charge in [-0.15, -0.1) is 0 Å². The monoisotopic (exact) mass is 274 g/mol. The minimum absolute atomic E-state index is 0.0656. The Morgan fingerprint density at radius 2 is 2.00 bits per heavy atom. The lowest BCUT2D eigenvalue weighted by molar-refractivity contribution is -0.159. The van der Waals surface area contributed by atoms with Gasteiger partial charge in [-0.05, 0) is 37.7 Å². The fraction of sp³-hybridized carbons (Fsp3) is 0.588. The molecule has 20 heavy (non-hydrogen) atoms. The Kier molecular flexibility index (Phi) is 4.06. The molecule has 1 aromatic carbocycles. The van der Waals surface area contributed by atoms with Gasteiger partial charge in [0, 0.05) is 6.61 Å². The first-order chi connectivity index (χ1) is 9.81. The normalized spacial score (nSPS) is 24.7. The van der Waals surface area contributed by atoms with Gasteiger partial charge < -0.3 is 9.47 Å². The molecule has 3 heteroatoms. The van der Waals surface area contributed by atoms with Gasteiger partial charge in [-0.2, -0.15) is 0 Å². The van der Waals surface area contributed by atoms with Gasteiger partial charge in [0.15, 0.2) is 0 Å². The van der Waals surface area contributed by atoms with E-state index in [1.54, 1.807) is 0 Å². The number of hydrogen-bond donors (Lipinski definition) is 0. The Morgan fingerprint density at radius 1 is 1.20 bits per heavy atom. The van der Waals surface area contributed by atoms with Crippen molar-refractivity contribution in [3.8, 4) is 0 Å². The van der Waals surface area contributed by atoms with Crippen molar-refractivity contribution >= 4 is 5.97 Å². The molecule has 0 aromatic heterocycles. The summed E-state index contributed by atoms with van der Waals surface area (Å²) in [6.45, 7) is 1.21. The van der Waals surface area contributed by atoms with Crippen LogP contribution in [0.2, 0.25) is 0 Å². The van der Waals surface area contributed by atoms with E-state index in [0.29, 0.717) is 6.61 Å². The molecule has 1 aliphatic heterocycles. The van der Waals surface area contributed by atoms with Crippen molar-refractivity contribution in [2.45, 2.75) is 50.0 Å². The van der Waals surface area contributed by atoms with Crippen LogP contribution in [-0.4, -0.2) is 25.3 Å². The quantitative estimate of drug-likeness (QED) is 0.791. The van der Waals surface area contributed by atoms with Crippen LogP contribution >= 0.6 is 0 Å². The highest BCUT2D eigenvalue weighted by atomic mass is 16.6. The van der Waals surface area contributed by atoms with Crippen LogP contribution in [0.15, 0.2) is 30.3 Å². The lowest BCUT2D eigenvalue weighted by Gasteiger charge is -2.40. The first-order valence-corrected chi connectivity index (χ1v) is 7.66. The van der Waals surface area contributed by atoms with Crippen LogP contribution < -0.4 is 0 Å². The summed E-state index contributed by atoms with van der Waals surface area (Å²) < 4.78 is 11.2. The van der Waals surface area contributed by atoms with Crippen molar-refractivity contribution in [2.75, 3.05) is 13.2 Å². The molecule has 2 aliphatic rings. The number of benzene rings is 1. The van der Waals surface area contributed by atoms with E-state index < -0.39 is 5.41 Å². The lowest BCUT2D eigenvalue weighted by Crippen LogP contribution is -2.44. The van der Waals surface area contributed by atoms with Gasteiger partial charge >= 0.3 is 5.97 Å². The molecule has 1 saturated carbocycles. The number of esters is 1. The Bertz CT molecular complexity index is 445. The molecule has 2 fully saturated rings. The highest BCUT2D eigenvalue weighted by Crippen LogP contribution is 2.44. The summed E-state index contributed by atoms with van der Waals surface area (Å²) in [6, 6.07) is 10.0. The van der Waals surface area contributed by atoms with Crippen LogP contribution in [0.3, 0.4) is 0 Å². The van der Waals surface area contributed by atoms with E-state index in [9.17, 15) is 4.79 Å². The minimum Gasteiger partial charge on any atom is -0.462 e. The van der Waals surface area contributed by atoms with Crippen molar-refractivity contribution in [3.63, 3.8) is 0 Å².